The predicted molar refractivity (Wildman–Crippen MR) is 79.9 cm³/mol. The molecular weight excluding hydrogens is 312 g/mol. The second kappa shape index (κ2) is 7.99. The highest BCUT2D eigenvalue weighted by Gasteiger charge is 2.37. The Hall–Kier alpha value is -1.81. The van der Waals surface area contributed by atoms with Gasteiger partial charge in [-0.2, -0.15) is 12.6 Å². The Morgan fingerprint density at radius 3 is 2.50 bits per heavy atom. The summed E-state index contributed by atoms with van der Waals surface area (Å²) in [6, 6.07) is -3.07. The first-order valence-electron chi connectivity index (χ1n) is 6.76. The summed E-state index contributed by atoms with van der Waals surface area (Å²) in [5.41, 5.74) is 10.4. The van der Waals surface area contributed by atoms with Crippen molar-refractivity contribution in [3.8, 4) is 0 Å². The van der Waals surface area contributed by atoms with Gasteiger partial charge in [-0.05, 0) is 12.8 Å². The fraction of sp³-hybridized carbons (Fsp3) is 0.667. The minimum atomic E-state index is -1.17. The van der Waals surface area contributed by atoms with Crippen molar-refractivity contribution in [3.63, 3.8) is 0 Å². The minimum Gasteiger partial charge on any atom is -0.480 e. The van der Waals surface area contributed by atoms with Crippen molar-refractivity contribution in [2.75, 3.05) is 12.3 Å². The molecule has 3 amide bonds. The molecule has 10 heteroatoms. The zero-order valence-electron chi connectivity index (χ0n) is 11.9. The van der Waals surface area contributed by atoms with Gasteiger partial charge in [-0.3, -0.25) is 14.4 Å². The molecule has 1 aliphatic rings. The van der Waals surface area contributed by atoms with Crippen LogP contribution in [0.3, 0.4) is 0 Å². The summed E-state index contributed by atoms with van der Waals surface area (Å²) < 4.78 is 0. The lowest BCUT2D eigenvalue weighted by molar-refractivity contribution is -0.149. The van der Waals surface area contributed by atoms with Gasteiger partial charge in [-0.1, -0.05) is 0 Å². The van der Waals surface area contributed by atoms with Gasteiger partial charge in [0.2, 0.25) is 17.7 Å². The van der Waals surface area contributed by atoms with Gasteiger partial charge in [0.1, 0.15) is 12.1 Å². The Morgan fingerprint density at radius 2 is 2.00 bits per heavy atom. The van der Waals surface area contributed by atoms with Crippen molar-refractivity contribution < 1.29 is 24.3 Å². The molecule has 1 fully saturated rings. The summed E-state index contributed by atoms with van der Waals surface area (Å²) in [6.07, 6.45) is 0.605. The average molecular weight is 332 g/mol. The van der Waals surface area contributed by atoms with Crippen LogP contribution in [0, 0.1) is 0 Å². The maximum Gasteiger partial charge on any atom is 0.326 e. The number of carboxylic acids is 1. The van der Waals surface area contributed by atoms with Crippen LogP contribution >= 0.6 is 12.6 Å². The minimum absolute atomic E-state index is 0.0172. The van der Waals surface area contributed by atoms with E-state index in [-0.39, 0.29) is 12.2 Å². The highest BCUT2D eigenvalue weighted by atomic mass is 32.1. The molecule has 0 bridgehead atoms. The number of amides is 3. The van der Waals surface area contributed by atoms with Crippen molar-refractivity contribution in [2.24, 2.45) is 11.5 Å². The van der Waals surface area contributed by atoms with E-state index in [0.717, 1.165) is 0 Å². The van der Waals surface area contributed by atoms with Crippen molar-refractivity contribution in [1.82, 2.24) is 10.2 Å². The third-order valence-electron chi connectivity index (χ3n) is 3.38. The van der Waals surface area contributed by atoms with Gasteiger partial charge < -0.3 is 26.8 Å². The number of hydrogen-bond acceptors (Lipinski definition) is 6. The van der Waals surface area contributed by atoms with Crippen molar-refractivity contribution in [2.45, 2.75) is 37.4 Å². The number of carboxylic acid groups (broad SMARTS) is 1. The third kappa shape index (κ3) is 4.60. The normalized spacial score (nSPS) is 20.3. The molecule has 22 heavy (non-hydrogen) atoms. The summed E-state index contributed by atoms with van der Waals surface area (Å²) in [4.78, 5) is 47.2. The summed E-state index contributed by atoms with van der Waals surface area (Å²) in [6.45, 7) is 0.309. The van der Waals surface area contributed by atoms with E-state index in [1.807, 2.05) is 0 Å². The molecule has 1 rings (SSSR count). The van der Waals surface area contributed by atoms with Crippen LogP contribution in [-0.4, -0.2) is 64.1 Å². The molecule has 9 nitrogen and oxygen atoms in total. The molecule has 0 spiro atoms. The van der Waals surface area contributed by atoms with E-state index in [9.17, 15) is 19.2 Å². The molecule has 1 saturated heterocycles. The van der Waals surface area contributed by atoms with E-state index >= 15 is 0 Å². The van der Waals surface area contributed by atoms with Crippen LogP contribution in [0.5, 0.6) is 0 Å². The Balaban J connectivity index is 2.70. The number of hydrogen-bond donors (Lipinski definition) is 5. The van der Waals surface area contributed by atoms with Gasteiger partial charge in [0.15, 0.2) is 0 Å². The van der Waals surface area contributed by atoms with Crippen LogP contribution < -0.4 is 16.8 Å². The largest absolute Gasteiger partial charge is 0.480 e. The maximum atomic E-state index is 12.3. The monoisotopic (exact) mass is 332 g/mol. The molecule has 0 saturated carbocycles. The van der Waals surface area contributed by atoms with Crippen molar-refractivity contribution >= 4 is 36.3 Å². The van der Waals surface area contributed by atoms with Crippen LogP contribution in [0.1, 0.15) is 19.3 Å². The third-order valence-corrected chi connectivity index (χ3v) is 3.74. The summed E-state index contributed by atoms with van der Waals surface area (Å²) in [5.74, 6) is -3.07. The Kier molecular flexibility index (Phi) is 6.62. The number of aliphatic carboxylic acids is 1. The van der Waals surface area contributed by atoms with E-state index in [4.69, 9.17) is 16.6 Å². The fourth-order valence-corrected chi connectivity index (χ4v) is 2.51. The first-order valence-corrected chi connectivity index (χ1v) is 7.39. The molecule has 0 aliphatic carbocycles. The lowest BCUT2D eigenvalue weighted by atomic mass is 10.1. The predicted octanol–water partition coefficient (Wildman–Crippen LogP) is -2.32. The molecule has 1 heterocycles. The Morgan fingerprint density at radius 1 is 1.36 bits per heavy atom. The van der Waals surface area contributed by atoms with Crippen molar-refractivity contribution in [1.29, 1.82) is 0 Å². The lowest BCUT2D eigenvalue weighted by Crippen LogP contribution is -2.55. The van der Waals surface area contributed by atoms with Crippen LogP contribution in [0.15, 0.2) is 0 Å². The molecule has 3 atom stereocenters. The molecular formula is C12H20N4O5S. The van der Waals surface area contributed by atoms with Crippen LogP contribution in [-0.2, 0) is 19.2 Å². The van der Waals surface area contributed by atoms with E-state index in [1.54, 1.807) is 0 Å². The zero-order chi connectivity index (χ0) is 16.9. The number of thiol groups is 1. The van der Waals surface area contributed by atoms with Gasteiger partial charge in [0, 0.05) is 12.3 Å². The standard InChI is InChI=1S/C12H20N4O5S/c13-6(4-9(14)17)10(18)15-7(5-22)11(19)16-3-1-2-8(16)12(20)21/h6-8,22H,1-5,13H2,(H2,14,17)(H,15,18)(H,20,21)/t6-,7-,8+/m0/s1. The second-order valence-corrected chi connectivity index (χ2v) is 5.41. The summed E-state index contributed by atoms with van der Waals surface area (Å²) in [5, 5.41) is 11.5. The van der Waals surface area contributed by atoms with E-state index in [2.05, 4.69) is 17.9 Å². The van der Waals surface area contributed by atoms with Gasteiger partial charge in [0.05, 0.1) is 12.5 Å². The van der Waals surface area contributed by atoms with Gasteiger partial charge in [-0.25, -0.2) is 4.79 Å². The van der Waals surface area contributed by atoms with Crippen LogP contribution in [0.4, 0.5) is 0 Å². The number of likely N-dealkylation sites (tertiary alicyclic amines) is 1. The fourth-order valence-electron chi connectivity index (χ4n) is 2.26. The molecule has 124 valence electrons. The SMILES string of the molecule is NC(=O)C[C@H](N)C(=O)N[C@@H](CS)C(=O)N1CCC[C@@H]1C(=O)O. The quantitative estimate of drug-likeness (QED) is 0.329. The summed E-state index contributed by atoms with van der Waals surface area (Å²) in [7, 11) is 0. The smallest absolute Gasteiger partial charge is 0.326 e. The first-order chi connectivity index (χ1) is 10.3. The number of carbonyl (C=O) groups is 4. The molecule has 0 radical (unpaired) electrons. The second-order valence-electron chi connectivity index (χ2n) is 5.05. The molecule has 0 aromatic rings. The number of nitrogens with one attached hydrogen (secondary N) is 1. The van der Waals surface area contributed by atoms with E-state index in [1.165, 1.54) is 4.90 Å². The number of nitrogens with zero attached hydrogens (tertiary/aromatic N) is 1. The maximum absolute atomic E-state index is 12.3. The van der Waals surface area contributed by atoms with Crippen LogP contribution in [0.2, 0.25) is 0 Å². The number of rotatable bonds is 7. The number of primary amides is 1. The van der Waals surface area contributed by atoms with Crippen LogP contribution in [0.25, 0.3) is 0 Å². The topological polar surface area (TPSA) is 156 Å². The highest BCUT2D eigenvalue weighted by Crippen LogP contribution is 2.18. The lowest BCUT2D eigenvalue weighted by Gasteiger charge is -2.27. The molecule has 0 aromatic heterocycles. The number of carbonyl (C=O) groups excluding carboxylic acids is 3. The Bertz CT molecular complexity index is 472. The molecule has 1 aliphatic heterocycles. The molecule has 0 unspecified atom stereocenters. The first kappa shape index (κ1) is 18.2. The van der Waals surface area contributed by atoms with Crippen molar-refractivity contribution in [3.05, 3.63) is 0 Å². The Labute approximate surface area is 132 Å². The highest BCUT2D eigenvalue weighted by molar-refractivity contribution is 7.80. The van der Waals surface area contributed by atoms with E-state index in [0.29, 0.717) is 19.4 Å². The average Bonchev–Trinajstić information content (AvgIpc) is 2.92. The molecule has 6 N–H and O–H groups in total. The zero-order valence-corrected chi connectivity index (χ0v) is 12.8. The molecule has 0 aromatic carbocycles. The van der Waals surface area contributed by atoms with Gasteiger partial charge in [-0.15, -0.1) is 0 Å². The van der Waals surface area contributed by atoms with Gasteiger partial charge >= 0.3 is 5.97 Å². The van der Waals surface area contributed by atoms with E-state index < -0.39 is 41.8 Å². The number of nitrogens with two attached hydrogens (primary N) is 2. The summed E-state index contributed by atoms with van der Waals surface area (Å²) >= 11 is 4.00. The van der Waals surface area contributed by atoms with Gasteiger partial charge in [0.25, 0.3) is 0 Å².